The van der Waals surface area contributed by atoms with Crippen molar-refractivity contribution in [2.75, 3.05) is 6.54 Å². The zero-order chi connectivity index (χ0) is 19.7. The lowest BCUT2D eigenvalue weighted by molar-refractivity contribution is -0.384. The van der Waals surface area contributed by atoms with Gasteiger partial charge in [0.05, 0.1) is 16.4 Å². The number of nitro groups is 1. The van der Waals surface area contributed by atoms with Crippen LogP contribution in [-0.4, -0.2) is 32.1 Å². The number of non-ortho nitro benzene ring substituents is 1. The molecule has 1 saturated heterocycles. The molecule has 0 aliphatic carbocycles. The lowest BCUT2D eigenvalue weighted by Crippen LogP contribution is -2.28. The summed E-state index contributed by atoms with van der Waals surface area (Å²) < 4.78 is 1.93. The van der Waals surface area contributed by atoms with Gasteiger partial charge in [-0.3, -0.25) is 24.6 Å². The van der Waals surface area contributed by atoms with Crippen molar-refractivity contribution < 1.29 is 14.5 Å². The molecule has 0 bridgehead atoms. The largest absolute Gasteiger partial charge is 0.318 e. The maximum Gasteiger partial charge on any atom is 0.294 e. The number of nitrogens with zero attached hydrogens (tertiary/aromatic N) is 3. The fraction of sp³-hybridized carbons (Fsp3) is 0.158. The van der Waals surface area contributed by atoms with Crippen LogP contribution >= 0.6 is 11.8 Å². The fourth-order valence-electron chi connectivity index (χ4n) is 2.92. The fourth-order valence-corrected chi connectivity index (χ4v) is 3.75. The van der Waals surface area contributed by atoms with Gasteiger partial charge in [-0.05, 0) is 55.4 Å². The summed E-state index contributed by atoms with van der Waals surface area (Å²) in [5, 5.41) is 10.4. The van der Waals surface area contributed by atoms with Gasteiger partial charge in [-0.1, -0.05) is 5.92 Å². The number of carbonyl (C=O) groups is 2. The summed E-state index contributed by atoms with van der Waals surface area (Å²) >= 11 is 0.860. The van der Waals surface area contributed by atoms with Gasteiger partial charge in [0.25, 0.3) is 16.8 Å². The van der Waals surface area contributed by atoms with Crippen molar-refractivity contribution >= 4 is 34.7 Å². The standard InChI is InChI=1S/C19H15N3O4S/c1-4-9-20-18(23)17(27-19(20)24)11-14-10-12(2)21(13(14)3)15-5-7-16(8-6-15)22(25)26/h1,5-8,10-11H,9H2,2-3H3. The lowest BCUT2D eigenvalue weighted by Gasteiger charge is -2.09. The van der Waals surface area contributed by atoms with E-state index in [0.29, 0.717) is 4.91 Å². The van der Waals surface area contributed by atoms with Crippen LogP contribution in [0.4, 0.5) is 10.5 Å². The number of aryl methyl sites for hydroxylation is 1. The molecule has 1 aromatic carbocycles. The molecular weight excluding hydrogens is 366 g/mol. The van der Waals surface area contributed by atoms with Gasteiger partial charge >= 0.3 is 0 Å². The molecule has 1 aliphatic rings. The Morgan fingerprint density at radius 1 is 1.26 bits per heavy atom. The monoisotopic (exact) mass is 381 g/mol. The number of aromatic nitrogens is 1. The molecule has 136 valence electrons. The molecule has 0 saturated carbocycles. The van der Waals surface area contributed by atoms with Crippen LogP contribution in [0.25, 0.3) is 11.8 Å². The summed E-state index contributed by atoms with van der Waals surface area (Å²) in [6, 6.07) is 8.12. The Labute approximate surface area is 159 Å². The molecule has 1 fully saturated rings. The smallest absolute Gasteiger partial charge is 0.294 e. The molecule has 2 aromatic rings. The van der Waals surface area contributed by atoms with Crippen LogP contribution in [0.1, 0.15) is 17.0 Å². The van der Waals surface area contributed by atoms with E-state index in [2.05, 4.69) is 5.92 Å². The average molecular weight is 381 g/mol. The van der Waals surface area contributed by atoms with Gasteiger partial charge < -0.3 is 4.57 Å². The van der Waals surface area contributed by atoms with Gasteiger partial charge in [-0.15, -0.1) is 6.42 Å². The van der Waals surface area contributed by atoms with Crippen molar-refractivity contribution in [2.45, 2.75) is 13.8 Å². The molecule has 0 spiro atoms. The van der Waals surface area contributed by atoms with E-state index in [9.17, 15) is 19.7 Å². The molecule has 1 aliphatic heterocycles. The number of hydrogen-bond donors (Lipinski definition) is 0. The van der Waals surface area contributed by atoms with Gasteiger partial charge in [0.2, 0.25) is 0 Å². The summed E-state index contributed by atoms with van der Waals surface area (Å²) in [5.74, 6) is 1.91. The van der Waals surface area contributed by atoms with Gasteiger partial charge in [-0.25, -0.2) is 0 Å². The van der Waals surface area contributed by atoms with Gasteiger partial charge in [0.1, 0.15) is 0 Å². The Balaban J connectivity index is 1.97. The highest BCUT2D eigenvalue weighted by Gasteiger charge is 2.34. The summed E-state index contributed by atoms with van der Waals surface area (Å²) in [6.45, 7) is 3.73. The summed E-state index contributed by atoms with van der Waals surface area (Å²) in [6.07, 6.45) is 6.87. The molecule has 0 N–H and O–H groups in total. The molecule has 0 unspecified atom stereocenters. The van der Waals surface area contributed by atoms with Crippen LogP contribution in [-0.2, 0) is 4.79 Å². The number of amides is 2. The number of thioether (sulfide) groups is 1. The minimum atomic E-state index is -0.448. The highest BCUT2D eigenvalue weighted by atomic mass is 32.2. The van der Waals surface area contributed by atoms with E-state index in [0.717, 1.165) is 39.3 Å². The second kappa shape index (κ2) is 7.13. The summed E-state index contributed by atoms with van der Waals surface area (Å²) in [4.78, 5) is 36.0. The molecule has 1 aromatic heterocycles. The predicted molar refractivity (Wildman–Crippen MR) is 103 cm³/mol. The first-order valence-electron chi connectivity index (χ1n) is 7.96. The summed E-state index contributed by atoms with van der Waals surface area (Å²) in [5.41, 5.74) is 3.33. The Morgan fingerprint density at radius 3 is 2.52 bits per heavy atom. The van der Waals surface area contributed by atoms with Crippen LogP contribution in [0.3, 0.4) is 0 Å². The SMILES string of the molecule is C#CCN1C(=O)SC(=Cc2cc(C)n(-c3ccc([N+](=O)[O-])cc3)c2C)C1=O. The normalized spacial score (nSPS) is 15.4. The third-order valence-electron chi connectivity index (χ3n) is 4.20. The van der Waals surface area contributed by atoms with E-state index in [-0.39, 0.29) is 17.5 Å². The third kappa shape index (κ3) is 3.37. The summed E-state index contributed by atoms with van der Waals surface area (Å²) in [7, 11) is 0. The Bertz CT molecular complexity index is 1030. The molecule has 8 heteroatoms. The minimum Gasteiger partial charge on any atom is -0.318 e. The van der Waals surface area contributed by atoms with Gasteiger partial charge in [-0.2, -0.15) is 0 Å². The second-order valence-corrected chi connectivity index (χ2v) is 6.90. The number of hydrogen-bond acceptors (Lipinski definition) is 5. The van der Waals surface area contributed by atoms with Crippen LogP contribution in [0.15, 0.2) is 35.2 Å². The zero-order valence-electron chi connectivity index (χ0n) is 14.6. The predicted octanol–water partition coefficient (Wildman–Crippen LogP) is 3.67. The number of carbonyl (C=O) groups excluding carboxylic acids is 2. The van der Waals surface area contributed by atoms with Crippen molar-refractivity contribution in [1.82, 2.24) is 9.47 Å². The van der Waals surface area contributed by atoms with E-state index < -0.39 is 10.8 Å². The first-order chi connectivity index (χ1) is 12.8. The molecule has 27 heavy (non-hydrogen) atoms. The maximum absolute atomic E-state index is 12.3. The number of terminal acetylenes is 1. The molecule has 0 radical (unpaired) electrons. The number of nitro benzene ring substituents is 1. The van der Waals surface area contributed by atoms with Gasteiger partial charge in [0, 0.05) is 29.2 Å². The van der Waals surface area contributed by atoms with Crippen LogP contribution < -0.4 is 0 Å². The van der Waals surface area contributed by atoms with E-state index in [1.165, 1.54) is 12.1 Å². The molecule has 7 nitrogen and oxygen atoms in total. The van der Waals surface area contributed by atoms with Crippen LogP contribution in [0.2, 0.25) is 0 Å². The molecule has 0 atom stereocenters. The topological polar surface area (TPSA) is 85.4 Å². The Hall–Kier alpha value is -3.31. The Kier molecular flexibility index (Phi) is 4.88. The van der Waals surface area contributed by atoms with Crippen molar-refractivity contribution in [3.63, 3.8) is 0 Å². The van der Waals surface area contributed by atoms with E-state index in [4.69, 9.17) is 6.42 Å². The highest BCUT2D eigenvalue weighted by Crippen LogP contribution is 2.33. The van der Waals surface area contributed by atoms with E-state index in [1.54, 1.807) is 18.2 Å². The molecule has 3 rings (SSSR count). The highest BCUT2D eigenvalue weighted by molar-refractivity contribution is 8.18. The van der Waals surface area contributed by atoms with Crippen LogP contribution in [0.5, 0.6) is 0 Å². The first kappa shape index (κ1) is 18.5. The average Bonchev–Trinajstić information content (AvgIpc) is 3.05. The number of benzene rings is 1. The van der Waals surface area contributed by atoms with Crippen molar-refractivity contribution in [2.24, 2.45) is 0 Å². The third-order valence-corrected chi connectivity index (χ3v) is 5.11. The maximum atomic E-state index is 12.3. The first-order valence-corrected chi connectivity index (χ1v) is 8.77. The molecular formula is C19H15N3O4S. The molecule has 2 heterocycles. The molecule has 2 amide bonds. The lowest BCUT2D eigenvalue weighted by atomic mass is 10.2. The van der Waals surface area contributed by atoms with Gasteiger partial charge in [0.15, 0.2) is 0 Å². The van der Waals surface area contributed by atoms with Crippen molar-refractivity contribution in [3.05, 3.63) is 62.3 Å². The number of rotatable bonds is 4. The van der Waals surface area contributed by atoms with E-state index >= 15 is 0 Å². The quantitative estimate of drug-likeness (QED) is 0.349. The van der Waals surface area contributed by atoms with Crippen LogP contribution in [0, 0.1) is 36.3 Å². The zero-order valence-corrected chi connectivity index (χ0v) is 15.4. The Morgan fingerprint density at radius 2 is 1.93 bits per heavy atom. The van der Waals surface area contributed by atoms with E-state index in [1.807, 2.05) is 24.5 Å². The number of imide groups is 1. The van der Waals surface area contributed by atoms with Crippen molar-refractivity contribution in [3.8, 4) is 18.0 Å². The minimum absolute atomic E-state index is 0.0172. The van der Waals surface area contributed by atoms with Crippen molar-refractivity contribution in [1.29, 1.82) is 0 Å². The second-order valence-electron chi connectivity index (χ2n) is 5.91.